The predicted octanol–water partition coefficient (Wildman–Crippen LogP) is 5.13. The lowest BCUT2D eigenvalue weighted by atomic mass is 10.1. The van der Waals surface area contributed by atoms with Gasteiger partial charge in [0.15, 0.2) is 0 Å². The van der Waals surface area contributed by atoms with Gasteiger partial charge in [-0.15, -0.1) is 0 Å². The molecular weight excluding hydrogens is 360 g/mol. The van der Waals surface area contributed by atoms with E-state index in [4.69, 9.17) is 11.6 Å². The Labute approximate surface area is 143 Å². The summed E-state index contributed by atoms with van der Waals surface area (Å²) in [5.74, 6) is 1.11. The first-order chi connectivity index (χ1) is 10.7. The van der Waals surface area contributed by atoms with Crippen molar-refractivity contribution >= 4 is 27.5 Å². The molecule has 4 heteroatoms. The molecule has 0 atom stereocenters. The molecule has 0 aliphatic rings. The molecule has 22 heavy (non-hydrogen) atoms. The molecule has 0 N–H and O–H groups in total. The van der Waals surface area contributed by atoms with Gasteiger partial charge in [-0.3, -0.25) is 0 Å². The molecular formula is C18H16BrClN2. The van der Waals surface area contributed by atoms with Crippen molar-refractivity contribution in [3.63, 3.8) is 0 Å². The van der Waals surface area contributed by atoms with Gasteiger partial charge in [-0.05, 0) is 41.8 Å². The Morgan fingerprint density at radius 1 is 0.909 bits per heavy atom. The SMILES string of the molecule is Clc1ccc(CCc2nccn2Cc2ccc(Br)cc2)cc1. The normalized spacial score (nSPS) is 10.8. The van der Waals surface area contributed by atoms with E-state index >= 15 is 0 Å². The van der Waals surface area contributed by atoms with E-state index in [-0.39, 0.29) is 0 Å². The smallest absolute Gasteiger partial charge is 0.109 e. The van der Waals surface area contributed by atoms with Gasteiger partial charge in [-0.1, -0.05) is 51.8 Å². The lowest BCUT2D eigenvalue weighted by Gasteiger charge is -2.08. The van der Waals surface area contributed by atoms with Crippen LogP contribution in [0, 0.1) is 0 Å². The Kier molecular flexibility index (Phi) is 4.96. The van der Waals surface area contributed by atoms with E-state index in [2.05, 4.69) is 61.9 Å². The van der Waals surface area contributed by atoms with Gasteiger partial charge in [0.1, 0.15) is 5.82 Å². The van der Waals surface area contributed by atoms with E-state index in [1.807, 2.05) is 24.5 Å². The van der Waals surface area contributed by atoms with Crippen molar-refractivity contribution in [2.75, 3.05) is 0 Å². The summed E-state index contributed by atoms with van der Waals surface area (Å²) in [5, 5.41) is 0.778. The molecule has 112 valence electrons. The average molecular weight is 376 g/mol. The number of halogens is 2. The zero-order valence-electron chi connectivity index (χ0n) is 12.0. The highest BCUT2D eigenvalue weighted by atomic mass is 79.9. The molecule has 1 aromatic heterocycles. The first kappa shape index (κ1) is 15.3. The molecule has 0 radical (unpaired) electrons. The van der Waals surface area contributed by atoms with Gasteiger partial charge in [-0.25, -0.2) is 4.98 Å². The van der Waals surface area contributed by atoms with Crippen molar-refractivity contribution in [2.24, 2.45) is 0 Å². The first-order valence-electron chi connectivity index (χ1n) is 7.19. The van der Waals surface area contributed by atoms with E-state index in [1.165, 1.54) is 11.1 Å². The maximum atomic E-state index is 5.92. The minimum atomic E-state index is 0.778. The zero-order chi connectivity index (χ0) is 15.4. The lowest BCUT2D eigenvalue weighted by Crippen LogP contribution is -2.05. The monoisotopic (exact) mass is 374 g/mol. The molecule has 0 aliphatic heterocycles. The molecule has 0 spiro atoms. The molecule has 0 unspecified atom stereocenters. The molecule has 2 aromatic carbocycles. The van der Waals surface area contributed by atoms with Crippen LogP contribution in [0.5, 0.6) is 0 Å². The summed E-state index contributed by atoms with van der Waals surface area (Å²) in [7, 11) is 0. The minimum Gasteiger partial charge on any atom is -0.331 e. The third kappa shape index (κ3) is 3.99. The van der Waals surface area contributed by atoms with Crippen molar-refractivity contribution in [3.8, 4) is 0 Å². The third-order valence-corrected chi connectivity index (χ3v) is 4.40. The summed E-state index contributed by atoms with van der Waals surface area (Å²) >= 11 is 9.38. The second kappa shape index (κ2) is 7.12. The summed E-state index contributed by atoms with van der Waals surface area (Å²) in [5.41, 5.74) is 2.55. The van der Waals surface area contributed by atoms with Crippen LogP contribution in [0.4, 0.5) is 0 Å². The van der Waals surface area contributed by atoms with Gasteiger partial charge in [-0.2, -0.15) is 0 Å². The van der Waals surface area contributed by atoms with E-state index in [0.29, 0.717) is 0 Å². The number of nitrogens with zero attached hydrogens (tertiary/aromatic N) is 2. The molecule has 1 heterocycles. The summed E-state index contributed by atoms with van der Waals surface area (Å²) in [6.45, 7) is 0.850. The fraction of sp³-hybridized carbons (Fsp3) is 0.167. The Morgan fingerprint density at radius 2 is 1.59 bits per heavy atom. The van der Waals surface area contributed by atoms with Gasteiger partial charge < -0.3 is 4.57 Å². The maximum absolute atomic E-state index is 5.92. The highest BCUT2D eigenvalue weighted by Crippen LogP contribution is 2.14. The summed E-state index contributed by atoms with van der Waals surface area (Å²) in [6, 6.07) is 16.4. The van der Waals surface area contributed by atoms with Crippen molar-refractivity contribution in [2.45, 2.75) is 19.4 Å². The van der Waals surface area contributed by atoms with Gasteiger partial charge in [0.05, 0.1) is 0 Å². The minimum absolute atomic E-state index is 0.778. The van der Waals surface area contributed by atoms with Gasteiger partial charge in [0.25, 0.3) is 0 Å². The lowest BCUT2D eigenvalue weighted by molar-refractivity contribution is 0.712. The van der Waals surface area contributed by atoms with Crippen LogP contribution < -0.4 is 0 Å². The van der Waals surface area contributed by atoms with Crippen LogP contribution in [0.25, 0.3) is 0 Å². The van der Waals surface area contributed by atoms with Gasteiger partial charge in [0, 0.05) is 34.9 Å². The summed E-state index contributed by atoms with van der Waals surface area (Å²) < 4.78 is 3.31. The molecule has 0 fully saturated rings. The number of benzene rings is 2. The fourth-order valence-electron chi connectivity index (χ4n) is 2.41. The summed E-state index contributed by atoms with van der Waals surface area (Å²) in [4.78, 5) is 4.49. The number of aromatic nitrogens is 2. The Hall–Kier alpha value is -1.58. The Bertz CT molecular complexity index is 733. The first-order valence-corrected chi connectivity index (χ1v) is 8.37. The topological polar surface area (TPSA) is 17.8 Å². The van der Waals surface area contributed by atoms with Crippen LogP contribution in [-0.2, 0) is 19.4 Å². The molecule has 0 saturated heterocycles. The molecule has 2 nitrogen and oxygen atoms in total. The van der Waals surface area contributed by atoms with Gasteiger partial charge in [0.2, 0.25) is 0 Å². The largest absolute Gasteiger partial charge is 0.331 e. The summed E-state index contributed by atoms with van der Waals surface area (Å²) in [6.07, 6.45) is 5.80. The maximum Gasteiger partial charge on any atom is 0.109 e. The van der Waals surface area contributed by atoms with Crippen molar-refractivity contribution in [3.05, 3.63) is 87.4 Å². The highest BCUT2D eigenvalue weighted by molar-refractivity contribution is 9.10. The van der Waals surface area contributed by atoms with Gasteiger partial charge >= 0.3 is 0 Å². The fourth-order valence-corrected chi connectivity index (χ4v) is 2.80. The number of hydrogen-bond acceptors (Lipinski definition) is 1. The molecule has 3 rings (SSSR count). The van der Waals surface area contributed by atoms with Crippen LogP contribution in [-0.4, -0.2) is 9.55 Å². The van der Waals surface area contributed by atoms with Crippen LogP contribution in [0.2, 0.25) is 5.02 Å². The standard InChI is InChI=1S/C18H16BrClN2/c19-16-6-1-15(2-7-16)13-22-12-11-21-18(22)10-5-14-3-8-17(20)9-4-14/h1-4,6-9,11-12H,5,10,13H2. The van der Waals surface area contributed by atoms with Crippen molar-refractivity contribution in [1.82, 2.24) is 9.55 Å². The third-order valence-electron chi connectivity index (χ3n) is 3.62. The van der Waals surface area contributed by atoms with Crippen molar-refractivity contribution in [1.29, 1.82) is 0 Å². The van der Waals surface area contributed by atoms with E-state index < -0.39 is 0 Å². The molecule has 0 bridgehead atoms. The quantitative estimate of drug-likeness (QED) is 0.604. The second-order valence-corrected chi connectivity index (χ2v) is 6.58. The molecule has 0 amide bonds. The van der Waals surface area contributed by atoms with Crippen LogP contribution >= 0.6 is 27.5 Å². The number of imidazole rings is 1. The molecule has 3 aromatic rings. The Balaban J connectivity index is 1.66. The number of hydrogen-bond donors (Lipinski definition) is 0. The molecule has 0 saturated carbocycles. The number of aryl methyl sites for hydroxylation is 2. The Morgan fingerprint density at radius 3 is 2.32 bits per heavy atom. The van der Waals surface area contributed by atoms with Crippen LogP contribution in [0.3, 0.4) is 0 Å². The second-order valence-electron chi connectivity index (χ2n) is 5.22. The molecule has 0 aliphatic carbocycles. The van der Waals surface area contributed by atoms with Crippen LogP contribution in [0.15, 0.2) is 65.4 Å². The highest BCUT2D eigenvalue weighted by Gasteiger charge is 2.04. The van der Waals surface area contributed by atoms with Crippen molar-refractivity contribution < 1.29 is 0 Å². The zero-order valence-corrected chi connectivity index (χ0v) is 14.4. The average Bonchev–Trinajstić information content (AvgIpc) is 2.96. The van der Waals surface area contributed by atoms with E-state index in [0.717, 1.165) is 34.7 Å². The van der Waals surface area contributed by atoms with E-state index in [9.17, 15) is 0 Å². The van der Waals surface area contributed by atoms with Crippen LogP contribution in [0.1, 0.15) is 17.0 Å². The number of rotatable bonds is 5. The van der Waals surface area contributed by atoms with E-state index in [1.54, 1.807) is 0 Å². The predicted molar refractivity (Wildman–Crippen MR) is 94.3 cm³/mol.